The third-order valence-corrected chi connectivity index (χ3v) is 2.86. The summed E-state index contributed by atoms with van der Waals surface area (Å²) in [6.07, 6.45) is 1.69. The molecule has 90 valence electrons. The van der Waals surface area contributed by atoms with Crippen LogP contribution in [0.15, 0.2) is 40.9 Å². The number of nitrogens with zero attached hydrogens (tertiary/aromatic N) is 2. The van der Waals surface area contributed by atoms with Crippen LogP contribution in [0.1, 0.15) is 5.69 Å². The van der Waals surface area contributed by atoms with Crippen LogP contribution in [-0.2, 0) is 6.54 Å². The lowest BCUT2D eigenvalue weighted by molar-refractivity contribution is 0.619. The summed E-state index contributed by atoms with van der Waals surface area (Å²) in [5.41, 5.74) is 8.67. The molecule has 1 aromatic carbocycles. The summed E-state index contributed by atoms with van der Waals surface area (Å²) in [6, 6.07) is 9.06. The normalized spacial score (nSPS) is 11.0. The van der Waals surface area contributed by atoms with Crippen LogP contribution in [0.25, 0.3) is 22.6 Å². The molecule has 0 radical (unpaired) electrons. The highest BCUT2D eigenvalue weighted by atomic mass is 35.5. The number of fused-ring (bicyclic) bond motifs is 1. The second kappa shape index (κ2) is 4.40. The molecule has 2 aromatic heterocycles. The number of oxazole rings is 1. The SMILES string of the molecule is NCc1cc(-c2nc3cc(Cl)ccc3o2)ccn1. The van der Waals surface area contributed by atoms with E-state index in [1.54, 1.807) is 24.4 Å². The van der Waals surface area contributed by atoms with Crippen LogP contribution in [-0.4, -0.2) is 9.97 Å². The Bertz CT molecular complexity index is 708. The fourth-order valence-electron chi connectivity index (χ4n) is 1.75. The summed E-state index contributed by atoms with van der Waals surface area (Å²) in [5.74, 6) is 0.546. The zero-order chi connectivity index (χ0) is 12.5. The predicted octanol–water partition coefficient (Wildman–Crippen LogP) is 3.00. The van der Waals surface area contributed by atoms with Crippen molar-refractivity contribution in [2.24, 2.45) is 5.73 Å². The van der Waals surface area contributed by atoms with E-state index in [1.807, 2.05) is 12.1 Å². The molecular weight excluding hydrogens is 250 g/mol. The fraction of sp³-hybridized carbons (Fsp3) is 0.0769. The molecule has 0 aliphatic carbocycles. The van der Waals surface area contributed by atoms with Gasteiger partial charge in [0, 0.05) is 23.3 Å². The average Bonchev–Trinajstić information content (AvgIpc) is 2.81. The maximum atomic E-state index is 5.91. The van der Waals surface area contributed by atoms with E-state index < -0.39 is 0 Å². The van der Waals surface area contributed by atoms with Crippen LogP contribution in [0.5, 0.6) is 0 Å². The third kappa shape index (κ3) is 1.96. The van der Waals surface area contributed by atoms with Gasteiger partial charge in [-0.15, -0.1) is 0 Å². The van der Waals surface area contributed by atoms with Crippen molar-refractivity contribution in [1.29, 1.82) is 0 Å². The molecule has 0 fully saturated rings. The first-order chi connectivity index (χ1) is 8.76. The summed E-state index contributed by atoms with van der Waals surface area (Å²) >= 11 is 5.91. The quantitative estimate of drug-likeness (QED) is 0.768. The lowest BCUT2D eigenvalue weighted by Gasteiger charge is -1.97. The first-order valence-electron chi connectivity index (χ1n) is 5.48. The second-order valence-electron chi connectivity index (χ2n) is 3.87. The molecule has 3 rings (SSSR count). The first-order valence-corrected chi connectivity index (χ1v) is 5.85. The molecule has 0 aliphatic heterocycles. The van der Waals surface area contributed by atoms with Crippen LogP contribution in [0.2, 0.25) is 5.02 Å². The third-order valence-electron chi connectivity index (χ3n) is 2.62. The molecule has 5 heteroatoms. The van der Waals surface area contributed by atoms with E-state index in [1.165, 1.54) is 0 Å². The fourth-order valence-corrected chi connectivity index (χ4v) is 1.91. The lowest BCUT2D eigenvalue weighted by atomic mass is 10.2. The number of pyridine rings is 1. The van der Waals surface area contributed by atoms with Gasteiger partial charge in [-0.05, 0) is 30.3 Å². The largest absolute Gasteiger partial charge is 0.436 e. The molecule has 4 nitrogen and oxygen atoms in total. The standard InChI is InChI=1S/C13H10ClN3O/c14-9-1-2-12-11(6-9)17-13(18-12)8-3-4-16-10(5-8)7-15/h1-6H,7,15H2. The van der Waals surface area contributed by atoms with Crippen molar-refractivity contribution in [2.45, 2.75) is 6.54 Å². The summed E-state index contributed by atoms with van der Waals surface area (Å²) in [5, 5.41) is 0.639. The summed E-state index contributed by atoms with van der Waals surface area (Å²) in [7, 11) is 0. The van der Waals surface area contributed by atoms with E-state index >= 15 is 0 Å². The maximum Gasteiger partial charge on any atom is 0.227 e. The molecule has 0 atom stereocenters. The minimum absolute atomic E-state index is 0.389. The van der Waals surface area contributed by atoms with Gasteiger partial charge in [-0.3, -0.25) is 4.98 Å². The number of halogens is 1. The zero-order valence-electron chi connectivity index (χ0n) is 9.43. The topological polar surface area (TPSA) is 64.9 Å². The van der Waals surface area contributed by atoms with E-state index in [0.717, 1.165) is 16.8 Å². The van der Waals surface area contributed by atoms with E-state index in [0.29, 0.717) is 23.0 Å². The summed E-state index contributed by atoms with van der Waals surface area (Å²) < 4.78 is 5.67. The van der Waals surface area contributed by atoms with Gasteiger partial charge in [-0.1, -0.05) is 11.6 Å². The van der Waals surface area contributed by atoms with Gasteiger partial charge in [0.25, 0.3) is 0 Å². The van der Waals surface area contributed by atoms with E-state index in [2.05, 4.69) is 9.97 Å². The van der Waals surface area contributed by atoms with Crippen molar-refractivity contribution in [1.82, 2.24) is 9.97 Å². The van der Waals surface area contributed by atoms with Crippen molar-refractivity contribution in [3.05, 3.63) is 47.2 Å². The Morgan fingerprint density at radius 1 is 1.22 bits per heavy atom. The molecule has 0 bridgehead atoms. The lowest BCUT2D eigenvalue weighted by Crippen LogP contribution is -1.98. The summed E-state index contributed by atoms with van der Waals surface area (Å²) in [6.45, 7) is 0.389. The number of nitrogens with two attached hydrogens (primary N) is 1. The highest BCUT2D eigenvalue weighted by molar-refractivity contribution is 6.31. The Morgan fingerprint density at radius 2 is 2.11 bits per heavy atom. The van der Waals surface area contributed by atoms with Gasteiger partial charge in [0.1, 0.15) is 5.52 Å². The Balaban J connectivity index is 2.13. The molecule has 0 aliphatic rings. The number of benzene rings is 1. The number of aromatic nitrogens is 2. The first kappa shape index (κ1) is 11.2. The van der Waals surface area contributed by atoms with Crippen LogP contribution in [0.4, 0.5) is 0 Å². The van der Waals surface area contributed by atoms with Gasteiger partial charge in [0.2, 0.25) is 5.89 Å². The van der Waals surface area contributed by atoms with Gasteiger partial charge < -0.3 is 10.2 Å². The van der Waals surface area contributed by atoms with Gasteiger partial charge in [0.15, 0.2) is 5.58 Å². The number of hydrogen-bond donors (Lipinski definition) is 1. The van der Waals surface area contributed by atoms with E-state index in [-0.39, 0.29) is 0 Å². The minimum atomic E-state index is 0.389. The molecule has 0 saturated heterocycles. The van der Waals surface area contributed by atoms with Crippen molar-refractivity contribution >= 4 is 22.7 Å². The number of rotatable bonds is 2. The zero-order valence-corrected chi connectivity index (χ0v) is 10.2. The molecule has 3 aromatic rings. The van der Waals surface area contributed by atoms with Crippen LogP contribution in [0.3, 0.4) is 0 Å². The molecule has 2 heterocycles. The Labute approximate surface area is 108 Å². The monoisotopic (exact) mass is 259 g/mol. The van der Waals surface area contributed by atoms with Gasteiger partial charge in [-0.2, -0.15) is 0 Å². The van der Waals surface area contributed by atoms with Crippen LogP contribution in [0, 0.1) is 0 Å². The van der Waals surface area contributed by atoms with Gasteiger partial charge in [0.05, 0.1) is 5.69 Å². The molecule has 0 spiro atoms. The molecule has 2 N–H and O–H groups in total. The van der Waals surface area contributed by atoms with Crippen molar-refractivity contribution in [3.63, 3.8) is 0 Å². The van der Waals surface area contributed by atoms with Crippen molar-refractivity contribution < 1.29 is 4.42 Å². The smallest absolute Gasteiger partial charge is 0.227 e. The minimum Gasteiger partial charge on any atom is -0.436 e. The van der Waals surface area contributed by atoms with Gasteiger partial charge >= 0.3 is 0 Å². The van der Waals surface area contributed by atoms with Crippen LogP contribution < -0.4 is 5.73 Å². The van der Waals surface area contributed by atoms with Crippen LogP contribution >= 0.6 is 11.6 Å². The molecular formula is C13H10ClN3O. The second-order valence-corrected chi connectivity index (χ2v) is 4.31. The van der Waals surface area contributed by atoms with E-state index in [4.69, 9.17) is 21.8 Å². The molecule has 0 unspecified atom stereocenters. The van der Waals surface area contributed by atoms with Crippen molar-refractivity contribution in [2.75, 3.05) is 0 Å². The molecule has 0 amide bonds. The summed E-state index contributed by atoms with van der Waals surface area (Å²) in [4.78, 5) is 8.54. The maximum absolute atomic E-state index is 5.91. The predicted molar refractivity (Wildman–Crippen MR) is 70.1 cm³/mol. The number of hydrogen-bond acceptors (Lipinski definition) is 4. The van der Waals surface area contributed by atoms with E-state index in [9.17, 15) is 0 Å². The Hall–Kier alpha value is -1.91. The molecule has 18 heavy (non-hydrogen) atoms. The average molecular weight is 260 g/mol. The Morgan fingerprint density at radius 3 is 2.94 bits per heavy atom. The molecule has 0 saturated carbocycles. The highest BCUT2D eigenvalue weighted by Crippen LogP contribution is 2.26. The Kier molecular flexibility index (Phi) is 2.74. The highest BCUT2D eigenvalue weighted by Gasteiger charge is 2.09. The van der Waals surface area contributed by atoms with Gasteiger partial charge in [-0.25, -0.2) is 4.98 Å². The van der Waals surface area contributed by atoms with Crippen molar-refractivity contribution in [3.8, 4) is 11.5 Å².